The second kappa shape index (κ2) is 1.87. The Morgan fingerprint density at radius 1 is 1.67 bits per heavy atom. The molecule has 0 nitrogen and oxygen atoms in total. The van der Waals surface area contributed by atoms with Crippen LogP contribution >= 0.6 is 8.20 Å². The van der Waals surface area contributed by atoms with Gasteiger partial charge in [-0.2, -0.15) is 20.4 Å². The molecule has 0 spiro atoms. The van der Waals surface area contributed by atoms with Crippen LogP contribution in [-0.2, 0) is 0 Å². The normalized spacial score (nSPS) is 17.3. The van der Waals surface area contributed by atoms with E-state index >= 15 is 0 Å². The molecule has 0 amide bonds. The average Bonchev–Trinajstić information content (AvgIpc) is 1.72. The molecule has 0 aromatic rings. The second-order valence-corrected chi connectivity index (χ2v) is 1.84. The first-order chi connectivity index (χ1) is 3.00. The summed E-state index contributed by atoms with van der Waals surface area (Å²) in [5.74, 6) is 2.04. The molecule has 0 bridgehead atoms. The maximum Gasteiger partial charge on any atom is -0.0648 e. The first-order valence-corrected chi connectivity index (χ1v) is 2.79. The molecule has 1 heterocycles. The Balaban J connectivity index is 2.78. The van der Waals surface area contributed by atoms with Gasteiger partial charge in [-0.25, -0.2) is 0 Å². The van der Waals surface area contributed by atoms with Crippen molar-refractivity contribution < 1.29 is 0 Å². The Hall–Kier alpha value is -0.440. The van der Waals surface area contributed by atoms with Crippen LogP contribution in [0.2, 0.25) is 0 Å². The van der Waals surface area contributed by atoms with Gasteiger partial charge in [-0.1, -0.05) is 5.80 Å². The van der Waals surface area contributed by atoms with E-state index in [1.807, 2.05) is 24.1 Å². The monoisotopic (exact) mass is 95.0 g/mol. The van der Waals surface area contributed by atoms with Gasteiger partial charge in [0.25, 0.3) is 0 Å². The third kappa shape index (κ3) is 0.755. The molecular formula is C5H4P-. The maximum absolute atomic E-state index is 2.92. The van der Waals surface area contributed by atoms with Crippen LogP contribution < -0.4 is 0 Å². The highest BCUT2D eigenvalue weighted by atomic mass is 31.1. The summed E-state index contributed by atoms with van der Waals surface area (Å²) in [5, 5.41) is 0. The fraction of sp³-hybridized carbons (Fsp3) is 0. The number of allylic oxidation sites excluding steroid dienone is 1. The van der Waals surface area contributed by atoms with Gasteiger partial charge in [-0.05, 0) is 0 Å². The Labute approximate surface area is 39.0 Å². The van der Waals surface area contributed by atoms with Crippen LogP contribution in [0.25, 0.3) is 0 Å². The van der Waals surface area contributed by atoms with E-state index in [0.717, 1.165) is 0 Å². The fourth-order valence-corrected chi connectivity index (χ4v) is 0.721. The molecule has 1 aliphatic rings. The third-order valence-electron chi connectivity index (χ3n) is 0.514. The van der Waals surface area contributed by atoms with Gasteiger partial charge >= 0.3 is 0 Å². The molecular weight excluding hydrogens is 91.0 g/mol. The first-order valence-electron chi connectivity index (χ1n) is 1.76. The average molecular weight is 95.1 g/mol. The van der Waals surface area contributed by atoms with Crippen LogP contribution in [0.3, 0.4) is 0 Å². The molecule has 6 heavy (non-hydrogen) atoms. The standard InChI is InChI=1S/C5H4P/c1-2-4-6-5-3-1/h2-5H/q-1. The van der Waals surface area contributed by atoms with Gasteiger partial charge in [0, 0.05) is 0 Å². The highest BCUT2D eigenvalue weighted by Gasteiger charge is 1.56. The van der Waals surface area contributed by atoms with Gasteiger partial charge in [0.1, 0.15) is 0 Å². The van der Waals surface area contributed by atoms with Crippen molar-refractivity contribution in [1.29, 1.82) is 0 Å². The molecule has 0 atom stereocenters. The molecule has 0 radical (unpaired) electrons. The molecule has 0 saturated heterocycles. The van der Waals surface area contributed by atoms with Gasteiger partial charge in [-0.15, -0.1) is 6.08 Å². The second-order valence-electron chi connectivity index (χ2n) is 0.947. The van der Waals surface area contributed by atoms with Crippen molar-refractivity contribution in [2.45, 2.75) is 0 Å². The molecule has 0 aliphatic carbocycles. The lowest BCUT2D eigenvalue weighted by Crippen LogP contribution is -1.57. The maximum atomic E-state index is 2.92. The Kier molecular flexibility index (Phi) is 1.17. The van der Waals surface area contributed by atoms with Gasteiger partial charge in [0.15, 0.2) is 0 Å². The number of hydrogen-bond acceptors (Lipinski definition) is 0. The summed E-state index contributed by atoms with van der Waals surface area (Å²) in [6.45, 7) is 0. The van der Waals surface area contributed by atoms with E-state index in [1.54, 1.807) is 0 Å². The van der Waals surface area contributed by atoms with Crippen molar-refractivity contribution in [2.24, 2.45) is 0 Å². The highest BCUT2D eigenvalue weighted by Crippen LogP contribution is 2.02. The summed E-state index contributed by atoms with van der Waals surface area (Å²) in [4.78, 5) is 0. The van der Waals surface area contributed by atoms with Gasteiger partial charge in [-0.3, -0.25) is 0 Å². The van der Waals surface area contributed by atoms with Crippen molar-refractivity contribution in [1.82, 2.24) is 0 Å². The zero-order valence-corrected chi connectivity index (χ0v) is 4.15. The minimum atomic E-state index is 1.27. The van der Waals surface area contributed by atoms with Crippen LogP contribution in [-0.4, -0.2) is 5.80 Å². The lowest BCUT2D eigenvalue weighted by atomic mass is 10.6. The predicted molar refractivity (Wildman–Crippen MR) is 29.9 cm³/mol. The quantitative estimate of drug-likeness (QED) is 0.243. The summed E-state index contributed by atoms with van der Waals surface area (Å²) in [7, 11) is 1.27. The molecule has 0 unspecified atom stereocenters. The highest BCUT2D eigenvalue weighted by molar-refractivity contribution is 7.41. The fourth-order valence-electron chi connectivity index (χ4n) is 0.277. The van der Waals surface area contributed by atoms with Gasteiger partial charge in [0.2, 0.25) is 0 Å². The number of rotatable bonds is 0. The summed E-state index contributed by atoms with van der Waals surface area (Å²) >= 11 is 0. The molecule has 0 fully saturated rings. The van der Waals surface area contributed by atoms with Crippen LogP contribution in [0.4, 0.5) is 0 Å². The SMILES string of the molecule is C1=CC=P[CH-]C=1. The van der Waals surface area contributed by atoms with Crippen molar-refractivity contribution in [2.75, 3.05) is 0 Å². The zero-order valence-electron chi connectivity index (χ0n) is 3.26. The summed E-state index contributed by atoms with van der Waals surface area (Å²) in [6, 6.07) is 0. The van der Waals surface area contributed by atoms with Crippen LogP contribution in [0.15, 0.2) is 17.9 Å². The zero-order chi connectivity index (χ0) is 4.24. The number of hydrogen-bond donors (Lipinski definition) is 0. The molecule has 1 heteroatoms. The largest absolute Gasteiger partial charge is 0.348 e. The summed E-state index contributed by atoms with van der Waals surface area (Å²) in [5.41, 5.74) is 2.92. The van der Waals surface area contributed by atoms with Gasteiger partial charge in [0.05, 0.1) is 0 Å². The Morgan fingerprint density at radius 3 is 2.83 bits per heavy atom. The van der Waals surface area contributed by atoms with Crippen molar-refractivity contribution >= 4 is 14.0 Å². The van der Waals surface area contributed by atoms with E-state index in [9.17, 15) is 0 Å². The molecule has 1 aliphatic heterocycles. The van der Waals surface area contributed by atoms with E-state index in [-0.39, 0.29) is 0 Å². The lowest BCUT2D eigenvalue weighted by molar-refractivity contribution is 2.02. The summed E-state index contributed by atoms with van der Waals surface area (Å²) < 4.78 is 0. The molecule has 30 valence electrons. The predicted octanol–water partition coefficient (Wildman–Crippen LogP) is 1.62. The molecule has 0 saturated carbocycles. The summed E-state index contributed by atoms with van der Waals surface area (Å²) in [6.07, 6.45) is 5.88. The topological polar surface area (TPSA) is 0 Å². The smallest absolute Gasteiger partial charge is 0.0648 e. The minimum Gasteiger partial charge on any atom is -0.348 e. The van der Waals surface area contributed by atoms with E-state index in [2.05, 4.69) is 5.73 Å². The van der Waals surface area contributed by atoms with Crippen molar-refractivity contribution in [3.8, 4) is 0 Å². The van der Waals surface area contributed by atoms with Crippen LogP contribution in [0.1, 0.15) is 0 Å². The Morgan fingerprint density at radius 2 is 2.67 bits per heavy atom. The van der Waals surface area contributed by atoms with Crippen molar-refractivity contribution in [3.05, 3.63) is 24.0 Å². The first kappa shape index (κ1) is 3.74. The van der Waals surface area contributed by atoms with E-state index in [4.69, 9.17) is 0 Å². The molecule has 0 aromatic carbocycles. The van der Waals surface area contributed by atoms with Crippen molar-refractivity contribution in [3.63, 3.8) is 0 Å². The molecule has 0 N–H and O–H groups in total. The van der Waals surface area contributed by atoms with E-state index in [1.165, 1.54) is 8.20 Å². The molecule has 0 aromatic heterocycles. The van der Waals surface area contributed by atoms with Crippen LogP contribution in [0.5, 0.6) is 0 Å². The van der Waals surface area contributed by atoms with E-state index in [0.29, 0.717) is 0 Å². The third-order valence-corrected chi connectivity index (χ3v) is 1.16. The molecule has 1 rings (SSSR count). The van der Waals surface area contributed by atoms with E-state index < -0.39 is 0 Å². The minimum absolute atomic E-state index is 1.27. The van der Waals surface area contributed by atoms with Gasteiger partial charge < -0.3 is 5.73 Å². The lowest BCUT2D eigenvalue weighted by Gasteiger charge is -1.91. The Bertz CT molecular complexity index is 116. The van der Waals surface area contributed by atoms with Crippen LogP contribution in [0, 0.1) is 6.16 Å².